The zero-order valence-electron chi connectivity index (χ0n) is 8.28. The van der Waals surface area contributed by atoms with Gasteiger partial charge in [0.05, 0.1) is 6.10 Å². The minimum Gasteiger partial charge on any atom is -0.396 e. The summed E-state index contributed by atoms with van der Waals surface area (Å²) in [6.45, 7) is 3.01. The highest BCUT2D eigenvalue weighted by Gasteiger charge is 2.27. The molecule has 3 nitrogen and oxygen atoms in total. The summed E-state index contributed by atoms with van der Waals surface area (Å²) in [6.07, 6.45) is 3.48. The molecule has 0 saturated carbocycles. The third-order valence-electron chi connectivity index (χ3n) is 2.92. The predicted molar refractivity (Wildman–Crippen MR) is 50.4 cm³/mol. The van der Waals surface area contributed by atoms with E-state index >= 15 is 0 Å². The van der Waals surface area contributed by atoms with Crippen molar-refractivity contribution in [2.45, 2.75) is 32.3 Å². The van der Waals surface area contributed by atoms with Crippen LogP contribution in [0.15, 0.2) is 0 Å². The molecule has 1 aliphatic heterocycles. The van der Waals surface area contributed by atoms with Gasteiger partial charge in [-0.2, -0.15) is 0 Å². The number of ether oxygens (including phenoxy) is 1. The Morgan fingerprint density at radius 2 is 2.08 bits per heavy atom. The molecule has 1 rings (SSSR count). The minimum atomic E-state index is 0.102. The van der Waals surface area contributed by atoms with Crippen LogP contribution >= 0.6 is 0 Å². The molecule has 1 fully saturated rings. The molecule has 1 unspecified atom stereocenters. The molecule has 3 atom stereocenters. The number of hydrogen-bond acceptors (Lipinski definition) is 3. The van der Waals surface area contributed by atoms with E-state index in [-0.39, 0.29) is 31.2 Å². The normalized spacial score (nSPS) is 28.4. The fourth-order valence-corrected chi connectivity index (χ4v) is 1.90. The van der Waals surface area contributed by atoms with Gasteiger partial charge in [0.1, 0.15) is 0 Å². The molecular weight excluding hydrogens is 168 g/mol. The summed E-state index contributed by atoms with van der Waals surface area (Å²) in [6, 6.07) is 0. The summed E-state index contributed by atoms with van der Waals surface area (Å²) < 4.78 is 5.58. The Balaban J connectivity index is 2.43. The maximum Gasteiger partial charge on any atom is 0.0628 e. The number of hydrogen-bond donors (Lipinski definition) is 2. The van der Waals surface area contributed by atoms with Gasteiger partial charge in [-0.3, -0.25) is 0 Å². The van der Waals surface area contributed by atoms with Gasteiger partial charge in [0.2, 0.25) is 0 Å². The van der Waals surface area contributed by atoms with Gasteiger partial charge in [-0.15, -0.1) is 0 Å². The van der Waals surface area contributed by atoms with Crippen molar-refractivity contribution in [3.05, 3.63) is 0 Å². The lowest BCUT2D eigenvalue weighted by Crippen LogP contribution is -2.35. The van der Waals surface area contributed by atoms with E-state index in [4.69, 9.17) is 9.84 Å². The van der Waals surface area contributed by atoms with Crippen molar-refractivity contribution >= 4 is 0 Å². The topological polar surface area (TPSA) is 49.7 Å². The zero-order valence-corrected chi connectivity index (χ0v) is 8.28. The largest absolute Gasteiger partial charge is 0.396 e. The first-order chi connectivity index (χ1) is 6.29. The zero-order chi connectivity index (χ0) is 9.68. The Kier molecular flexibility index (Phi) is 4.70. The van der Waals surface area contributed by atoms with Crippen LogP contribution in [0.1, 0.15) is 26.2 Å². The highest BCUT2D eigenvalue weighted by atomic mass is 16.5. The van der Waals surface area contributed by atoms with E-state index in [1.807, 2.05) is 6.92 Å². The summed E-state index contributed by atoms with van der Waals surface area (Å²) in [5.74, 6) is 0.235. The summed E-state index contributed by atoms with van der Waals surface area (Å²) in [4.78, 5) is 0. The van der Waals surface area contributed by atoms with Crippen LogP contribution < -0.4 is 0 Å². The number of rotatable bonds is 4. The maximum atomic E-state index is 9.19. The second-order valence-electron chi connectivity index (χ2n) is 3.91. The average molecular weight is 188 g/mol. The van der Waals surface area contributed by atoms with E-state index in [9.17, 15) is 5.11 Å². The fraction of sp³-hybridized carbons (Fsp3) is 1.00. The smallest absolute Gasteiger partial charge is 0.0628 e. The van der Waals surface area contributed by atoms with Gasteiger partial charge in [0.25, 0.3) is 0 Å². The van der Waals surface area contributed by atoms with Crippen molar-refractivity contribution in [3.63, 3.8) is 0 Å². The van der Waals surface area contributed by atoms with Gasteiger partial charge in [-0.25, -0.2) is 0 Å². The van der Waals surface area contributed by atoms with Gasteiger partial charge in [0, 0.05) is 25.7 Å². The van der Waals surface area contributed by atoms with E-state index < -0.39 is 0 Å². The predicted octanol–water partition coefficient (Wildman–Crippen LogP) is 0.792. The third kappa shape index (κ3) is 2.93. The van der Waals surface area contributed by atoms with Crippen LogP contribution in [0.25, 0.3) is 0 Å². The molecule has 78 valence electrons. The molecule has 2 N–H and O–H groups in total. The van der Waals surface area contributed by atoms with Gasteiger partial charge in [-0.05, 0) is 25.2 Å². The molecule has 0 bridgehead atoms. The Labute approximate surface area is 79.7 Å². The summed E-state index contributed by atoms with van der Waals surface area (Å²) in [7, 11) is 0. The lowest BCUT2D eigenvalue weighted by atomic mass is 9.86. The Hall–Kier alpha value is -0.120. The van der Waals surface area contributed by atoms with E-state index in [1.165, 1.54) is 6.42 Å². The molecule has 3 heteroatoms. The van der Waals surface area contributed by atoms with Crippen LogP contribution in [0.4, 0.5) is 0 Å². The molecule has 0 amide bonds. The van der Waals surface area contributed by atoms with Crippen molar-refractivity contribution in [1.29, 1.82) is 0 Å². The molecule has 0 aliphatic carbocycles. The standard InChI is InChI=1S/C10H20O3/c1-8(6-11)9(7-12)10-4-2-3-5-13-10/h8-12H,2-7H2,1H3/t8-,9+,10?/m0/s1. The average Bonchev–Trinajstić information content (AvgIpc) is 2.20. The monoisotopic (exact) mass is 188 g/mol. The van der Waals surface area contributed by atoms with Crippen molar-refractivity contribution in [2.75, 3.05) is 19.8 Å². The SMILES string of the molecule is C[C@@H](CO)[C@@H](CO)C1CCCCO1. The van der Waals surface area contributed by atoms with Crippen LogP contribution in [-0.4, -0.2) is 36.1 Å². The van der Waals surface area contributed by atoms with Crippen LogP contribution in [0, 0.1) is 11.8 Å². The number of aliphatic hydroxyl groups is 2. The lowest BCUT2D eigenvalue weighted by Gasteiger charge is -2.32. The molecule has 0 aromatic heterocycles. The highest BCUT2D eigenvalue weighted by molar-refractivity contribution is 4.76. The minimum absolute atomic E-state index is 0.102. The second-order valence-corrected chi connectivity index (χ2v) is 3.91. The van der Waals surface area contributed by atoms with Gasteiger partial charge >= 0.3 is 0 Å². The van der Waals surface area contributed by atoms with E-state index in [2.05, 4.69) is 0 Å². The molecule has 1 heterocycles. The van der Waals surface area contributed by atoms with Crippen LogP contribution in [0.3, 0.4) is 0 Å². The van der Waals surface area contributed by atoms with Crippen molar-refractivity contribution in [3.8, 4) is 0 Å². The van der Waals surface area contributed by atoms with Crippen LogP contribution in [0.5, 0.6) is 0 Å². The van der Waals surface area contributed by atoms with E-state index in [0.717, 1.165) is 19.4 Å². The maximum absolute atomic E-state index is 9.19. The molecular formula is C10H20O3. The van der Waals surface area contributed by atoms with Gasteiger partial charge in [-0.1, -0.05) is 6.92 Å². The van der Waals surface area contributed by atoms with Crippen molar-refractivity contribution in [2.24, 2.45) is 11.8 Å². The Morgan fingerprint density at radius 3 is 2.54 bits per heavy atom. The first-order valence-corrected chi connectivity index (χ1v) is 5.13. The molecule has 1 aliphatic rings. The third-order valence-corrected chi connectivity index (χ3v) is 2.92. The molecule has 0 radical (unpaired) electrons. The fourth-order valence-electron chi connectivity index (χ4n) is 1.90. The van der Waals surface area contributed by atoms with E-state index in [1.54, 1.807) is 0 Å². The van der Waals surface area contributed by atoms with Crippen molar-refractivity contribution in [1.82, 2.24) is 0 Å². The lowest BCUT2D eigenvalue weighted by molar-refractivity contribution is -0.0581. The van der Waals surface area contributed by atoms with E-state index in [0.29, 0.717) is 0 Å². The molecule has 0 aromatic carbocycles. The quantitative estimate of drug-likeness (QED) is 0.686. The number of aliphatic hydroxyl groups excluding tert-OH is 2. The Bertz CT molecular complexity index is 132. The summed E-state index contributed by atoms with van der Waals surface area (Å²) in [5.41, 5.74) is 0. The Morgan fingerprint density at radius 1 is 1.31 bits per heavy atom. The molecule has 13 heavy (non-hydrogen) atoms. The first kappa shape index (κ1) is 11.0. The summed E-state index contributed by atoms with van der Waals surface area (Å²) >= 11 is 0. The molecule has 1 saturated heterocycles. The highest BCUT2D eigenvalue weighted by Crippen LogP contribution is 2.25. The van der Waals surface area contributed by atoms with Crippen LogP contribution in [0.2, 0.25) is 0 Å². The second kappa shape index (κ2) is 5.58. The molecule has 0 aromatic rings. The van der Waals surface area contributed by atoms with Gasteiger partial charge in [0.15, 0.2) is 0 Å². The van der Waals surface area contributed by atoms with Crippen molar-refractivity contribution < 1.29 is 14.9 Å². The van der Waals surface area contributed by atoms with Crippen LogP contribution in [-0.2, 0) is 4.74 Å². The summed E-state index contributed by atoms with van der Waals surface area (Å²) in [5, 5.41) is 18.2. The van der Waals surface area contributed by atoms with Gasteiger partial charge < -0.3 is 14.9 Å². The molecule has 0 spiro atoms. The first-order valence-electron chi connectivity index (χ1n) is 5.13.